The van der Waals surface area contributed by atoms with Gasteiger partial charge in [0.25, 0.3) is 5.95 Å². The van der Waals surface area contributed by atoms with Crippen LogP contribution in [-0.2, 0) is 14.1 Å². The fraction of sp³-hybridized carbons (Fsp3) is 0.636. The van der Waals surface area contributed by atoms with Crippen molar-refractivity contribution in [3.8, 4) is 0 Å². The van der Waals surface area contributed by atoms with Gasteiger partial charge in [0.15, 0.2) is 6.33 Å². The first-order valence-electron chi connectivity index (χ1n) is 24.5. The van der Waals surface area contributed by atoms with Crippen molar-refractivity contribution in [1.29, 1.82) is 0 Å². The summed E-state index contributed by atoms with van der Waals surface area (Å²) in [5.41, 5.74) is 6.76. The highest BCUT2D eigenvalue weighted by molar-refractivity contribution is 5.17. The van der Waals surface area contributed by atoms with Crippen LogP contribution in [-0.4, -0.2) is 124 Å². The Bertz CT molecular complexity index is 2220. The summed E-state index contributed by atoms with van der Waals surface area (Å²) < 4.78 is 16.7. The van der Waals surface area contributed by atoms with Crippen LogP contribution in [0.5, 0.6) is 0 Å². The maximum atomic E-state index is 10.3. The molecule has 0 aromatic carbocycles. The van der Waals surface area contributed by atoms with Crippen LogP contribution in [0.15, 0.2) is 97.0 Å². The van der Waals surface area contributed by atoms with Crippen LogP contribution in [0, 0.1) is 34.6 Å². The number of aromatic nitrogens is 22. The van der Waals surface area contributed by atoms with Crippen molar-refractivity contribution in [3.05, 3.63) is 129 Å². The predicted octanol–water partition coefficient (Wildman–Crippen LogP) is 13.2. The Balaban J connectivity index is -0.0000000390. The van der Waals surface area contributed by atoms with Crippen molar-refractivity contribution in [2.75, 3.05) is 18.8 Å². The summed E-state index contributed by atoms with van der Waals surface area (Å²) in [6.07, 6.45) is 20.3. The molecule has 0 radical (unpaired) electrons. The van der Waals surface area contributed by atoms with Crippen LogP contribution in [0.25, 0.3) is 0 Å². The zero-order valence-corrected chi connectivity index (χ0v) is 48.4. The Labute approximate surface area is 514 Å². The van der Waals surface area contributed by atoms with E-state index >= 15 is 0 Å². The van der Waals surface area contributed by atoms with E-state index in [4.69, 9.17) is 10.3 Å². The zero-order valence-electron chi connectivity index (χ0n) is 48.4. The minimum Gasteiger partial charge on any atom is -0.365 e. The molecule has 1 aliphatic rings. The smallest absolute Gasteiger partial charge is 0.365 e. The van der Waals surface area contributed by atoms with Crippen molar-refractivity contribution in [2.24, 2.45) is 14.1 Å². The van der Waals surface area contributed by atoms with Gasteiger partial charge in [0.1, 0.15) is 36.9 Å². The number of rotatable bonds is 0. The molecule has 9 aromatic heterocycles. The molecule has 0 amide bonds. The molecule has 9 aromatic rings. The van der Waals surface area contributed by atoms with E-state index in [1.165, 1.54) is 62.1 Å². The molecule has 85 heavy (non-hydrogen) atoms. The number of hydrogen-bond donors (Lipinski definition) is 9. The number of H-pyrrole nitrogens is 7. The standard InChI is InChI=1S/C6H9NO.C4H6N2.C4H9N.2C3H5N3O.C3H4N2O2.C3H4N2.C2H3N3O.C2H3N3.7C2H6.CH2N4.10CH4/c1-4-5(2)7-8-6(4)3;1-6-3-2-5-4-6;1-2-4-5-3-1;1-6-2-4-5-3(6)7;1-2-5-3(4)6-7-2;1-2-4-3(6)7-5-2;1-2-5-3-4-1;6-2-3-1-4-5-2;1-3-2-5-4-1;7*1-2;1-2-4-5-3-1;;;;;;;;;;/h1-3H3;2-4H,1H3;5H,1-4H2;2H,1H3,(H,5,7);1H3,(H2,4,6);1H3,(H,4,5,6);1-3H,(H,4,5);1H,(H2,3,4,5,6);1-2H,(H,3,4,5);7*1-2H3;1H,(H,2,3,4,5);10*1H4. The topological polar surface area (TPSA) is 417 Å². The summed E-state index contributed by atoms with van der Waals surface area (Å²) in [4.78, 5) is 52.1. The van der Waals surface area contributed by atoms with E-state index in [9.17, 15) is 14.4 Å². The third-order valence-electron chi connectivity index (χ3n) is 6.22. The maximum Gasteiger partial charge on any atom is 0.438 e. The molecule has 0 aliphatic carbocycles. The van der Waals surface area contributed by atoms with Gasteiger partial charge in [-0.25, -0.2) is 39.5 Å². The summed E-state index contributed by atoms with van der Waals surface area (Å²) in [5, 5.41) is 42.8. The van der Waals surface area contributed by atoms with Crippen LogP contribution >= 0.6 is 0 Å². The highest BCUT2D eigenvalue weighted by Gasteiger charge is 2.00. The highest BCUT2D eigenvalue weighted by atomic mass is 16.5. The Morgan fingerprint density at radius 1 is 0.576 bits per heavy atom. The maximum absolute atomic E-state index is 10.3. The number of aryl methyl sites for hydroxylation is 6. The normalized spacial score (nSPS) is 7.78. The highest BCUT2D eigenvalue weighted by Crippen LogP contribution is 2.08. The van der Waals surface area contributed by atoms with Crippen molar-refractivity contribution in [3.63, 3.8) is 0 Å². The molecule has 10 rings (SSSR count). The molecule has 0 spiro atoms. The number of tetrazole rings is 1. The number of anilines is 1. The van der Waals surface area contributed by atoms with E-state index in [-0.39, 0.29) is 91.6 Å². The Hall–Kier alpha value is -8.44. The van der Waals surface area contributed by atoms with Gasteiger partial charge >= 0.3 is 17.1 Å². The van der Waals surface area contributed by atoms with Crippen LogP contribution in [0.4, 0.5) is 5.95 Å². The summed E-state index contributed by atoms with van der Waals surface area (Å²) >= 11 is 0. The second kappa shape index (κ2) is 104. The van der Waals surface area contributed by atoms with Gasteiger partial charge in [-0.3, -0.25) is 24.2 Å². The number of nitrogens with zero attached hydrogens (tertiary/aromatic N) is 15. The first kappa shape index (κ1) is 123. The van der Waals surface area contributed by atoms with Gasteiger partial charge in [0, 0.05) is 51.4 Å². The number of imidazole rings is 2. The number of nitrogen functional groups attached to an aromatic ring is 1. The second-order valence-electron chi connectivity index (χ2n) is 11.1. The molecule has 1 saturated heterocycles. The summed E-state index contributed by atoms with van der Waals surface area (Å²) in [6.45, 7) is 39.7. The Morgan fingerprint density at radius 3 is 1.26 bits per heavy atom. The van der Waals surface area contributed by atoms with Gasteiger partial charge in [0.2, 0.25) is 5.89 Å². The van der Waals surface area contributed by atoms with Gasteiger partial charge in [-0.2, -0.15) is 25.5 Å². The molecule has 1 fully saturated rings. The summed E-state index contributed by atoms with van der Waals surface area (Å²) in [5.74, 6) is 1.61. The number of hydrogen-bond acceptors (Lipinski definition) is 21. The van der Waals surface area contributed by atoms with E-state index in [0.717, 1.165) is 17.0 Å². The fourth-order valence-electron chi connectivity index (χ4n) is 3.12. The number of aromatic amines is 7. The summed E-state index contributed by atoms with van der Waals surface area (Å²) in [6, 6.07) is 0. The average Bonchev–Trinajstić information content (AvgIpc) is 4.30. The lowest BCUT2D eigenvalue weighted by atomic mass is 10.2. The number of nitrogens with two attached hydrogens (primary N) is 1. The quantitative estimate of drug-likeness (QED) is 0.0681. The Morgan fingerprint density at radius 2 is 1.14 bits per heavy atom. The molecule has 0 atom stereocenters. The molecular formula is C55H132N24O6. The second-order valence-corrected chi connectivity index (χ2v) is 11.1. The molecule has 508 valence electrons. The van der Waals surface area contributed by atoms with Crippen molar-refractivity contribution >= 4 is 5.95 Å². The molecule has 0 bridgehead atoms. The van der Waals surface area contributed by atoms with E-state index < -0.39 is 5.76 Å². The van der Waals surface area contributed by atoms with Crippen LogP contribution in [0.1, 0.15) is 213 Å². The monoisotopic (exact) mass is 1230 g/mol. The molecule has 10 heterocycles. The molecule has 0 saturated carbocycles. The third-order valence-corrected chi connectivity index (χ3v) is 6.22. The summed E-state index contributed by atoms with van der Waals surface area (Å²) in [7, 11) is 3.57. The third kappa shape index (κ3) is 92.3. The van der Waals surface area contributed by atoms with E-state index in [1.807, 2.05) is 136 Å². The van der Waals surface area contributed by atoms with Gasteiger partial charge in [-0.05, 0) is 58.8 Å². The van der Waals surface area contributed by atoms with Crippen molar-refractivity contribution in [1.82, 2.24) is 116 Å². The lowest BCUT2D eigenvalue weighted by Gasteiger charge is -1.80. The van der Waals surface area contributed by atoms with Crippen LogP contribution < -0.4 is 28.2 Å². The minimum absolute atomic E-state index is 0. The first-order valence-corrected chi connectivity index (χ1v) is 24.5. The average molecular weight is 1230 g/mol. The SMILES string of the molecule is C.C.C.C.C.C.C.C.C.C.C1CCNC1.CC.CC.CC.CC.CC.CC.CC.Cc1nc(N)no1.Cc1noc(=O)[nH]1.Cc1noc(C)c1C.Cn1ccnc1.Cn1cn[nH]c1=O.O=c1[nH]cn[nH]1.c1c[nH]cn1.c1nc[nH]n1.c1nn[nH]n1. The zero-order chi connectivity index (χ0) is 58.9. The molecule has 30 nitrogen and oxygen atoms in total. The molecule has 1 aliphatic heterocycles. The molecule has 30 heteroatoms. The van der Waals surface area contributed by atoms with Crippen LogP contribution in [0.2, 0.25) is 0 Å². The van der Waals surface area contributed by atoms with E-state index in [1.54, 1.807) is 52.1 Å². The van der Waals surface area contributed by atoms with Gasteiger partial charge in [-0.15, -0.1) is 10.2 Å². The van der Waals surface area contributed by atoms with Gasteiger partial charge < -0.3 is 29.6 Å². The first-order chi connectivity index (χ1) is 36.4. The molecule has 0 unspecified atom stereocenters. The van der Waals surface area contributed by atoms with Gasteiger partial charge in [0.05, 0.1) is 18.3 Å². The van der Waals surface area contributed by atoms with Gasteiger partial charge in [-0.1, -0.05) is 187 Å². The minimum atomic E-state index is -0.502. The van der Waals surface area contributed by atoms with Crippen molar-refractivity contribution < 1.29 is 13.6 Å². The Kier molecular flexibility index (Phi) is 151. The lowest BCUT2D eigenvalue weighted by molar-refractivity contribution is 0.383. The van der Waals surface area contributed by atoms with E-state index in [2.05, 4.69) is 116 Å². The largest absolute Gasteiger partial charge is 0.438 e. The number of nitrogens with one attached hydrogen (secondary N) is 8. The fourth-order valence-corrected chi connectivity index (χ4v) is 3.12. The van der Waals surface area contributed by atoms with E-state index in [0.29, 0.717) is 11.7 Å². The van der Waals surface area contributed by atoms with Crippen molar-refractivity contribution in [2.45, 2.75) is 219 Å². The molecular weight excluding hydrogens is 1090 g/mol. The van der Waals surface area contributed by atoms with Crippen LogP contribution in [0.3, 0.4) is 0 Å². The molecule has 10 N–H and O–H groups in total. The lowest BCUT2D eigenvalue weighted by Crippen LogP contribution is -2.11. The predicted molar refractivity (Wildman–Crippen MR) is 360 cm³/mol.